The van der Waals surface area contributed by atoms with Crippen molar-refractivity contribution in [2.45, 2.75) is 20.4 Å². The van der Waals surface area contributed by atoms with Gasteiger partial charge < -0.3 is 4.57 Å². The third kappa shape index (κ3) is 2.14. The van der Waals surface area contributed by atoms with Gasteiger partial charge in [-0.1, -0.05) is 36.4 Å². The number of imidazole rings is 1. The zero-order valence-corrected chi connectivity index (χ0v) is 13.2. The molecular weight excluding hydrogens is 286 g/mol. The largest absolute Gasteiger partial charge is 0.311 e. The first kappa shape index (κ1) is 13.8. The molecule has 0 aliphatic carbocycles. The Balaban J connectivity index is 2.03. The van der Waals surface area contributed by atoms with E-state index in [0.29, 0.717) is 12.3 Å². The topological polar surface area (TPSA) is 39.3 Å². The van der Waals surface area contributed by atoms with Gasteiger partial charge in [-0.3, -0.25) is 4.79 Å². The second-order valence-electron chi connectivity index (χ2n) is 5.87. The van der Waals surface area contributed by atoms with Crippen LogP contribution in [0.15, 0.2) is 59.4 Å². The molecule has 4 rings (SSSR count). The molecule has 0 bridgehead atoms. The fourth-order valence-corrected chi connectivity index (χ4v) is 3.04. The Kier molecular flexibility index (Phi) is 3.05. The quantitative estimate of drug-likeness (QED) is 0.570. The van der Waals surface area contributed by atoms with Gasteiger partial charge in [0.1, 0.15) is 0 Å². The molecule has 0 saturated carbocycles. The SMILES string of the molecule is Cc1ccccc1Cn1c(C)cc(=O)n2c3ccccc3nc12. The van der Waals surface area contributed by atoms with Crippen LogP contribution in [-0.4, -0.2) is 14.0 Å². The standard InChI is InChI=1S/C19H17N3O/c1-13-7-3-4-8-15(13)12-21-14(2)11-18(23)22-17-10-6-5-9-16(17)20-19(21)22/h3-11H,12H2,1-2H3. The lowest BCUT2D eigenvalue weighted by atomic mass is 10.1. The highest BCUT2D eigenvalue weighted by Crippen LogP contribution is 2.17. The molecule has 0 amide bonds. The van der Waals surface area contributed by atoms with Crippen LogP contribution in [0.1, 0.15) is 16.8 Å². The van der Waals surface area contributed by atoms with E-state index in [1.54, 1.807) is 10.5 Å². The van der Waals surface area contributed by atoms with Crippen molar-refractivity contribution in [1.29, 1.82) is 0 Å². The number of hydrogen-bond acceptors (Lipinski definition) is 2. The summed E-state index contributed by atoms with van der Waals surface area (Å²) in [4.78, 5) is 17.1. The van der Waals surface area contributed by atoms with Gasteiger partial charge in [0.2, 0.25) is 5.78 Å². The molecule has 4 nitrogen and oxygen atoms in total. The molecule has 2 heterocycles. The minimum absolute atomic E-state index is 0.0350. The summed E-state index contributed by atoms with van der Waals surface area (Å²) in [5.74, 6) is 0.694. The van der Waals surface area contributed by atoms with Gasteiger partial charge in [-0.15, -0.1) is 0 Å². The number of aromatic nitrogens is 3. The van der Waals surface area contributed by atoms with Crippen molar-refractivity contribution in [2.75, 3.05) is 0 Å². The highest BCUT2D eigenvalue weighted by molar-refractivity contribution is 5.79. The summed E-state index contributed by atoms with van der Waals surface area (Å²) < 4.78 is 3.80. The van der Waals surface area contributed by atoms with Crippen LogP contribution >= 0.6 is 0 Å². The van der Waals surface area contributed by atoms with E-state index >= 15 is 0 Å². The van der Waals surface area contributed by atoms with Crippen molar-refractivity contribution in [3.63, 3.8) is 0 Å². The van der Waals surface area contributed by atoms with Crippen LogP contribution in [0.2, 0.25) is 0 Å². The lowest BCUT2D eigenvalue weighted by molar-refractivity contribution is 0.748. The lowest BCUT2D eigenvalue weighted by Gasteiger charge is -2.13. The van der Waals surface area contributed by atoms with Crippen LogP contribution in [0, 0.1) is 13.8 Å². The van der Waals surface area contributed by atoms with E-state index in [1.165, 1.54) is 11.1 Å². The molecule has 0 N–H and O–H groups in total. The van der Waals surface area contributed by atoms with Crippen LogP contribution in [-0.2, 0) is 6.54 Å². The maximum absolute atomic E-state index is 12.5. The monoisotopic (exact) mass is 303 g/mol. The van der Waals surface area contributed by atoms with E-state index in [0.717, 1.165) is 16.7 Å². The second-order valence-corrected chi connectivity index (χ2v) is 5.87. The number of fused-ring (bicyclic) bond motifs is 3. The predicted molar refractivity (Wildman–Crippen MR) is 92.0 cm³/mol. The average Bonchev–Trinajstić information content (AvgIpc) is 2.92. The van der Waals surface area contributed by atoms with Crippen LogP contribution in [0.25, 0.3) is 16.8 Å². The fraction of sp³-hybridized carbons (Fsp3) is 0.158. The summed E-state index contributed by atoms with van der Waals surface area (Å²) in [5, 5.41) is 0. The number of para-hydroxylation sites is 2. The Morgan fingerprint density at radius 2 is 1.74 bits per heavy atom. The van der Waals surface area contributed by atoms with Gasteiger partial charge in [-0.2, -0.15) is 0 Å². The molecule has 0 spiro atoms. The van der Waals surface area contributed by atoms with Gasteiger partial charge in [-0.05, 0) is 37.1 Å². The molecule has 2 aromatic carbocycles. The molecule has 2 aromatic heterocycles. The molecule has 0 unspecified atom stereocenters. The van der Waals surface area contributed by atoms with Crippen molar-refractivity contribution < 1.29 is 0 Å². The van der Waals surface area contributed by atoms with Gasteiger partial charge in [-0.25, -0.2) is 9.38 Å². The average molecular weight is 303 g/mol. The summed E-state index contributed by atoms with van der Waals surface area (Å²) >= 11 is 0. The summed E-state index contributed by atoms with van der Waals surface area (Å²) in [6.45, 7) is 4.76. The van der Waals surface area contributed by atoms with Crippen molar-refractivity contribution in [3.05, 3.63) is 81.8 Å². The summed E-state index contributed by atoms with van der Waals surface area (Å²) in [6, 6.07) is 17.7. The third-order valence-electron chi connectivity index (χ3n) is 4.35. The molecule has 0 aliphatic heterocycles. The Hall–Kier alpha value is -2.88. The first-order valence-corrected chi connectivity index (χ1v) is 7.67. The maximum Gasteiger partial charge on any atom is 0.259 e. The van der Waals surface area contributed by atoms with Crippen molar-refractivity contribution in [2.24, 2.45) is 0 Å². The van der Waals surface area contributed by atoms with E-state index < -0.39 is 0 Å². The van der Waals surface area contributed by atoms with Crippen LogP contribution in [0.4, 0.5) is 0 Å². The van der Waals surface area contributed by atoms with Crippen molar-refractivity contribution >= 4 is 16.8 Å². The molecule has 0 saturated heterocycles. The van der Waals surface area contributed by atoms with Crippen molar-refractivity contribution in [3.8, 4) is 0 Å². The fourth-order valence-electron chi connectivity index (χ4n) is 3.04. The Morgan fingerprint density at radius 3 is 2.57 bits per heavy atom. The minimum Gasteiger partial charge on any atom is -0.311 e. The van der Waals surface area contributed by atoms with Gasteiger partial charge in [0.15, 0.2) is 0 Å². The van der Waals surface area contributed by atoms with Crippen LogP contribution in [0.5, 0.6) is 0 Å². The second kappa shape index (κ2) is 5.09. The number of aryl methyl sites for hydroxylation is 2. The normalized spacial score (nSPS) is 11.4. The van der Waals surface area contributed by atoms with Crippen LogP contribution in [0.3, 0.4) is 0 Å². The highest BCUT2D eigenvalue weighted by Gasteiger charge is 2.13. The number of nitrogens with zero attached hydrogens (tertiary/aromatic N) is 3. The van der Waals surface area contributed by atoms with Crippen LogP contribution < -0.4 is 5.56 Å². The number of benzene rings is 2. The number of hydrogen-bond donors (Lipinski definition) is 0. The molecule has 4 heteroatoms. The molecule has 4 aromatic rings. The minimum atomic E-state index is -0.0350. The van der Waals surface area contributed by atoms with Crippen molar-refractivity contribution in [1.82, 2.24) is 14.0 Å². The highest BCUT2D eigenvalue weighted by atomic mass is 16.1. The van der Waals surface area contributed by atoms with E-state index in [-0.39, 0.29) is 5.56 Å². The Labute approximate surface area is 133 Å². The van der Waals surface area contributed by atoms with E-state index in [1.807, 2.05) is 43.3 Å². The van der Waals surface area contributed by atoms with Gasteiger partial charge in [0.25, 0.3) is 5.56 Å². The Morgan fingerprint density at radius 1 is 1.00 bits per heavy atom. The summed E-state index contributed by atoms with van der Waals surface area (Å²) in [7, 11) is 0. The smallest absolute Gasteiger partial charge is 0.259 e. The van der Waals surface area contributed by atoms with Gasteiger partial charge >= 0.3 is 0 Å². The maximum atomic E-state index is 12.5. The molecule has 23 heavy (non-hydrogen) atoms. The molecule has 0 fully saturated rings. The Bertz CT molecular complexity index is 1090. The predicted octanol–water partition coefficient (Wildman–Crippen LogP) is 3.31. The van der Waals surface area contributed by atoms with Gasteiger partial charge in [0.05, 0.1) is 17.6 Å². The molecular formula is C19H17N3O. The molecule has 0 radical (unpaired) electrons. The van der Waals surface area contributed by atoms with E-state index in [4.69, 9.17) is 0 Å². The summed E-state index contributed by atoms with van der Waals surface area (Å²) in [6.07, 6.45) is 0. The van der Waals surface area contributed by atoms with Gasteiger partial charge in [0, 0.05) is 11.8 Å². The molecule has 114 valence electrons. The van der Waals surface area contributed by atoms with E-state index in [2.05, 4.69) is 28.6 Å². The zero-order chi connectivity index (χ0) is 16.0. The first-order valence-electron chi connectivity index (χ1n) is 7.67. The third-order valence-corrected chi connectivity index (χ3v) is 4.35. The number of rotatable bonds is 2. The van der Waals surface area contributed by atoms with E-state index in [9.17, 15) is 4.79 Å². The lowest BCUT2D eigenvalue weighted by Crippen LogP contribution is -2.19. The molecule has 0 atom stereocenters. The zero-order valence-electron chi connectivity index (χ0n) is 13.2. The summed E-state index contributed by atoms with van der Waals surface area (Å²) in [5.41, 5.74) is 5.04. The first-order chi connectivity index (χ1) is 11.1. The molecule has 0 aliphatic rings.